The lowest BCUT2D eigenvalue weighted by Crippen LogP contribution is -3.05. The van der Waals surface area contributed by atoms with Crippen molar-refractivity contribution in [2.24, 2.45) is 0 Å². The summed E-state index contributed by atoms with van der Waals surface area (Å²) in [5.41, 5.74) is 5.19. The molecule has 7 heteroatoms. The Morgan fingerprint density at radius 2 is 2.00 bits per heavy atom. The predicted octanol–water partition coefficient (Wildman–Crippen LogP) is 2.00. The molecule has 0 saturated heterocycles. The number of anilines is 1. The van der Waals surface area contributed by atoms with Crippen molar-refractivity contribution >= 4 is 23.4 Å². The summed E-state index contributed by atoms with van der Waals surface area (Å²) >= 11 is 1.38. The van der Waals surface area contributed by atoms with Crippen LogP contribution >= 0.6 is 11.8 Å². The first-order valence-electron chi connectivity index (χ1n) is 10.8. The summed E-state index contributed by atoms with van der Waals surface area (Å²) in [6.07, 6.45) is 5.03. The van der Waals surface area contributed by atoms with Crippen LogP contribution < -0.4 is 15.9 Å². The molecule has 1 amide bonds. The van der Waals surface area contributed by atoms with Crippen molar-refractivity contribution < 1.29 is 9.69 Å². The van der Waals surface area contributed by atoms with Crippen molar-refractivity contribution in [1.29, 1.82) is 0 Å². The van der Waals surface area contributed by atoms with Gasteiger partial charge in [0.2, 0.25) is 5.91 Å². The zero-order valence-corrected chi connectivity index (χ0v) is 19.3. The average molecular weight is 430 g/mol. The van der Waals surface area contributed by atoms with Crippen LogP contribution in [0.3, 0.4) is 0 Å². The number of fused-ring (bicyclic) bond motifs is 1. The third-order valence-electron chi connectivity index (χ3n) is 5.73. The number of amides is 1. The Morgan fingerprint density at radius 3 is 2.77 bits per heavy atom. The van der Waals surface area contributed by atoms with Crippen LogP contribution in [-0.2, 0) is 24.2 Å². The van der Waals surface area contributed by atoms with Crippen molar-refractivity contribution in [3.63, 3.8) is 0 Å². The first-order chi connectivity index (χ1) is 14.4. The molecule has 0 fully saturated rings. The van der Waals surface area contributed by atoms with Gasteiger partial charge in [0, 0.05) is 29.9 Å². The van der Waals surface area contributed by atoms with E-state index in [1.54, 1.807) is 0 Å². The van der Waals surface area contributed by atoms with Crippen LogP contribution in [-0.4, -0.2) is 41.9 Å². The van der Waals surface area contributed by atoms with Crippen molar-refractivity contribution in [2.45, 2.75) is 57.5 Å². The molecule has 1 aromatic heterocycles. The molecule has 6 nitrogen and oxygen atoms in total. The number of quaternary nitrogens is 1. The molecule has 30 heavy (non-hydrogen) atoms. The highest BCUT2D eigenvalue weighted by atomic mass is 32.2. The van der Waals surface area contributed by atoms with Crippen molar-refractivity contribution in [3.05, 3.63) is 51.1 Å². The molecule has 0 aliphatic heterocycles. The van der Waals surface area contributed by atoms with Crippen LogP contribution in [0, 0.1) is 13.8 Å². The molecule has 3 rings (SSSR count). The maximum absolute atomic E-state index is 12.7. The molecule has 1 aliphatic carbocycles. The van der Waals surface area contributed by atoms with Gasteiger partial charge < -0.3 is 10.2 Å². The number of thioether (sulfide) groups is 1. The molecule has 2 N–H and O–H groups in total. The van der Waals surface area contributed by atoms with Crippen LogP contribution in [0.15, 0.2) is 28.0 Å². The summed E-state index contributed by atoms with van der Waals surface area (Å²) in [5.74, 6) is 0.179. The molecule has 2 aromatic rings. The topological polar surface area (TPSA) is 68.4 Å². The van der Waals surface area contributed by atoms with E-state index < -0.39 is 0 Å². The third-order valence-corrected chi connectivity index (χ3v) is 6.75. The van der Waals surface area contributed by atoms with E-state index in [9.17, 15) is 9.59 Å². The fraction of sp³-hybridized carbons (Fsp3) is 0.522. The first kappa shape index (κ1) is 22.6. The minimum absolute atomic E-state index is 0.0711. The van der Waals surface area contributed by atoms with Gasteiger partial charge in [-0.15, -0.1) is 0 Å². The molecule has 162 valence electrons. The number of aromatic nitrogens is 2. The number of nitrogens with zero attached hydrogens (tertiary/aromatic N) is 2. The van der Waals surface area contributed by atoms with Crippen LogP contribution in [0.5, 0.6) is 0 Å². The minimum atomic E-state index is -0.179. The quantitative estimate of drug-likeness (QED) is 0.498. The lowest BCUT2D eigenvalue weighted by Gasteiger charge is -2.22. The van der Waals surface area contributed by atoms with E-state index in [1.807, 2.05) is 36.6 Å². The van der Waals surface area contributed by atoms with E-state index in [0.29, 0.717) is 0 Å². The van der Waals surface area contributed by atoms with Crippen LogP contribution in [0.1, 0.15) is 41.6 Å². The van der Waals surface area contributed by atoms with Gasteiger partial charge in [-0.25, -0.2) is 4.79 Å². The van der Waals surface area contributed by atoms with Crippen molar-refractivity contribution in [2.75, 3.05) is 31.7 Å². The van der Waals surface area contributed by atoms with Crippen LogP contribution in [0.2, 0.25) is 0 Å². The molecular weight excluding hydrogens is 396 g/mol. The van der Waals surface area contributed by atoms with Gasteiger partial charge in [-0.3, -0.25) is 9.36 Å². The van der Waals surface area contributed by atoms with E-state index in [4.69, 9.17) is 0 Å². The minimum Gasteiger partial charge on any atom is -0.340 e. The van der Waals surface area contributed by atoms with Gasteiger partial charge in [-0.05, 0) is 56.7 Å². The Kier molecular flexibility index (Phi) is 7.72. The number of rotatable bonds is 8. The summed E-state index contributed by atoms with van der Waals surface area (Å²) < 4.78 is 1.87. The summed E-state index contributed by atoms with van der Waals surface area (Å²) in [6, 6.07) is 5.90. The average Bonchev–Trinajstić information content (AvgIpc) is 2.71. The number of aryl methyl sites for hydroxylation is 1. The smallest absolute Gasteiger partial charge is 0.340 e. The molecule has 0 bridgehead atoms. The van der Waals surface area contributed by atoms with Crippen molar-refractivity contribution in [3.8, 4) is 0 Å². The van der Waals surface area contributed by atoms with Crippen LogP contribution in [0.25, 0.3) is 0 Å². The highest BCUT2D eigenvalue weighted by Gasteiger charge is 2.21. The fourth-order valence-corrected chi connectivity index (χ4v) is 4.77. The summed E-state index contributed by atoms with van der Waals surface area (Å²) in [4.78, 5) is 31.0. The van der Waals surface area contributed by atoms with Crippen molar-refractivity contribution in [1.82, 2.24) is 9.55 Å². The highest BCUT2D eigenvalue weighted by Crippen LogP contribution is 2.28. The second-order valence-corrected chi connectivity index (χ2v) is 9.34. The SMILES string of the molecule is Cc1cccc(NC(=O)CSc2nc(=O)n(CCC[NH+](C)C)c3c2CCCC3)c1C. The van der Waals surface area contributed by atoms with E-state index in [1.165, 1.54) is 22.2 Å². The van der Waals surface area contributed by atoms with Gasteiger partial charge in [0.15, 0.2) is 0 Å². The maximum atomic E-state index is 12.7. The van der Waals surface area contributed by atoms with E-state index in [2.05, 4.69) is 24.4 Å². The second-order valence-electron chi connectivity index (χ2n) is 8.38. The normalized spacial score (nSPS) is 13.4. The zero-order chi connectivity index (χ0) is 21.7. The summed E-state index contributed by atoms with van der Waals surface area (Å²) in [6.45, 7) is 5.78. The van der Waals surface area contributed by atoms with Gasteiger partial charge in [0.05, 0.1) is 26.4 Å². The number of carbonyl (C=O) groups excluding carboxylic acids is 1. The van der Waals surface area contributed by atoms with Gasteiger partial charge >= 0.3 is 5.69 Å². The summed E-state index contributed by atoms with van der Waals surface area (Å²) in [7, 11) is 4.25. The number of carbonyl (C=O) groups is 1. The highest BCUT2D eigenvalue weighted by molar-refractivity contribution is 8.00. The Morgan fingerprint density at radius 1 is 1.23 bits per heavy atom. The lowest BCUT2D eigenvalue weighted by molar-refractivity contribution is -0.858. The fourth-order valence-electron chi connectivity index (χ4n) is 3.90. The number of hydrogen-bond donors (Lipinski definition) is 2. The first-order valence-corrected chi connectivity index (χ1v) is 11.8. The number of hydrogen-bond acceptors (Lipinski definition) is 4. The van der Waals surface area contributed by atoms with Gasteiger partial charge in [0.25, 0.3) is 0 Å². The second kappa shape index (κ2) is 10.3. The molecule has 1 aromatic carbocycles. The van der Waals surface area contributed by atoms with E-state index in [-0.39, 0.29) is 17.3 Å². The molecule has 0 radical (unpaired) electrons. The number of benzene rings is 1. The summed E-state index contributed by atoms with van der Waals surface area (Å²) in [5, 5.41) is 3.73. The molecule has 0 spiro atoms. The van der Waals surface area contributed by atoms with Crippen LogP contribution in [0.4, 0.5) is 5.69 Å². The Balaban J connectivity index is 1.73. The molecule has 0 saturated carbocycles. The van der Waals surface area contributed by atoms with Gasteiger partial charge in [-0.2, -0.15) is 4.98 Å². The van der Waals surface area contributed by atoms with Gasteiger partial charge in [-0.1, -0.05) is 23.9 Å². The Hall–Kier alpha value is -2.12. The molecule has 1 aliphatic rings. The Bertz CT molecular complexity index is 968. The Labute approximate surface area is 183 Å². The lowest BCUT2D eigenvalue weighted by atomic mass is 9.97. The zero-order valence-electron chi connectivity index (χ0n) is 18.5. The monoisotopic (exact) mass is 429 g/mol. The third kappa shape index (κ3) is 5.52. The predicted molar refractivity (Wildman–Crippen MR) is 123 cm³/mol. The maximum Gasteiger partial charge on any atom is 0.348 e. The molecule has 1 heterocycles. The molecular formula is C23H33N4O2S+. The standard InChI is InChI=1S/C23H32N4O2S/c1-16-9-7-11-19(17(16)2)24-21(28)15-30-22-18-10-5-6-12-20(18)27(23(29)25-22)14-8-13-26(3)4/h7,9,11H,5-6,8,10,12-15H2,1-4H3,(H,24,28)/p+1. The van der Waals surface area contributed by atoms with Gasteiger partial charge in [0.1, 0.15) is 5.03 Å². The van der Waals surface area contributed by atoms with E-state index >= 15 is 0 Å². The largest absolute Gasteiger partial charge is 0.348 e. The molecule has 0 atom stereocenters. The molecule has 0 unspecified atom stereocenters. The number of nitrogens with one attached hydrogen (secondary N) is 2. The van der Waals surface area contributed by atoms with E-state index in [0.717, 1.165) is 72.7 Å².